The molecule has 1 aromatic rings. The summed E-state index contributed by atoms with van der Waals surface area (Å²) < 4.78 is 40.6. The van der Waals surface area contributed by atoms with Crippen LogP contribution in [-0.4, -0.2) is 12.7 Å². The molecule has 0 saturated carbocycles. The molecule has 1 aromatic carbocycles. The first-order valence-corrected chi connectivity index (χ1v) is 4.35. The van der Waals surface area contributed by atoms with Crippen molar-refractivity contribution in [1.82, 2.24) is 0 Å². The van der Waals surface area contributed by atoms with E-state index in [1.165, 1.54) is 0 Å². The number of hydrogen-bond donors (Lipinski definition) is 0. The molecule has 3 nitrogen and oxygen atoms in total. The molecule has 0 radical (unpaired) electrons. The van der Waals surface area contributed by atoms with Crippen LogP contribution in [0.5, 0.6) is 5.75 Å². The highest BCUT2D eigenvalue weighted by molar-refractivity contribution is 9.10. The van der Waals surface area contributed by atoms with Gasteiger partial charge in [-0.1, -0.05) is 0 Å². The van der Waals surface area contributed by atoms with Gasteiger partial charge in [-0.3, -0.25) is 0 Å². The third-order valence-corrected chi connectivity index (χ3v) is 1.99. The van der Waals surface area contributed by atoms with Crippen molar-refractivity contribution >= 4 is 27.7 Å². The van der Waals surface area contributed by atoms with Crippen LogP contribution in [0.25, 0.3) is 0 Å². The van der Waals surface area contributed by atoms with Gasteiger partial charge in [0, 0.05) is 6.07 Å². The number of carbonyl (C=O) groups excluding carboxylic acids is 1. The zero-order valence-corrected chi connectivity index (χ0v) is 8.59. The normalized spacial score (nSPS) is 9.93. The summed E-state index contributed by atoms with van der Waals surface area (Å²) in [7, 11) is 0. The van der Waals surface area contributed by atoms with Gasteiger partial charge in [-0.15, -0.1) is 0 Å². The first kappa shape index (κ1) is 11.7. The molecule has 0 aliphatic rings. The number of halogens is 4. The average Bonchev–Trinajstić information content (AvgIpc) is 2.13. The standard InChI is InChI=1S/C8H3BrF3NO2/c9-4-1-6(13-3-14)7(2-5(4)10)15-8(11)12/h1-2,8H. The monoisotopic (exact) mass is 281 g/mol. The fraction of sp³-hybridized carbons (Fsp3) is 0.125. The van der Waals surface area contributed by atoms with Gasteiger partial charge in [0.25, 0.3) is 0 Å². The molecule has 0 bridgehead atoms. The van der Waals surface area contributed by atoms with Gasteiger partial charge in [-0.05, 0) is 22.0 Å². The summed E-state index contributed by atoms with van der Waals surface area (Å²) >= 11 is 2.81. The lowest BCUT2D eigenvalue weighted by Gasteiger charge is -2.07. The Bertz CT molecular complexity index is 419. The van der Waals surface area contributed by atoms with E-state index >= 15 is 0 Å². The predicted octanol–water partition coefficient (Wildman–Crippen LogP) is 3.16. The lowest BCUT2D eigenvalue weighted by atomic mass is 10.3. The molecular formula is C8H3BrF3NO2. The van der Waals surface area contributed by atoms with Gasteiger partial charge in [0.1, 0.15) is 11.5 Å². The third kappa shape index (κ3) is 3.07. The van der Waals surface area contributed by atoms with Crippen molar-refractivity contribution in [1.29, 1.82) is 0 Å². The Morgan fingerprint density at radius 1 is 1.47 bits per heavy atom. The van der Waals surface area contributed by atoms with Crippen LogP contribution in [0, 0.1) is 5.82 Å². The summed E-state index contributed by atoms with van der Waals surface area (Å²) in [5, 5.41) is 0. The van der Waals surface area contributed by atoms with Crippen molar-refractivity contribution in [2.24, 2.45) is 4.99 Å². The maximum Gasteiger partial charge on any atom is 0.387 e. The van der Waals surface area contributed by atoms with Gasteiger partial charge in [0.05, 0.1) is 4.47 Å². The van der Waals surface area contributed by atoms with Crippen LogP contribution in [0.2, 0.25) is 0 Å². The molecule has 0 saturated heterocycles. The average molecular weight is 282 g/mol. The Morgan fingerprint density at radius 2 is 2.13 bits per heavy atom. The Labute approximate surface area is 90.7 Å². The largest absolute Gasteiger partial charge is 0.432 e. The van der Waals surface area contributed by atoms with E-state index in [1.807, 2.05) is 0 Å². The van der Waals surface area contributed by atoms with Crippen LogP contribution in [0.1, 0.15) is 0 Å². The van der Waals surface area contributed by atoms with Crippen molar-refractivity contribution in [3.63, 3.8) is 0 Å². The van der Waals surface area contributed by atoms with E-state index in [-0.39, 0.29) is 10.2 Å². The number of ether oxygens (including phenoxy) is 1. The van der Waals surface area contributed by atoms with Crippen molar-refractivity contribution in [3.8, 4) is 5.75 Å². The van der Waals surface area contributed by atoms with Crippen molar-refractivity contribution in [3.05, 3.63) is 22.4 Å². The minimum atomic E-state index is -3.12. The van der Waals surface area contributed by atoms with Crippen molar-refractivity contribution in [2.45, 2.75) is 6.61 Å². The number of benzene rings is 1. The molecular weight excluding hydrogens is 279 g/mol. The Balaban J connectivity index is 3.21. The molecule has 1 rings (SSSR count). The van der Waals surface area contributed by atoms with Gasteiger partial charge in [-0.2, -0.15) is 13.8 Å². The number of rotatable bonds is 3. The fourth-order valence-electron chi connectivity index (χ4n) is 0.845. The maximum atomic E-state index is 12.9. The summed E-state index contributed by atoms with van der Waals surface area (Å²) in [6.45, 7) is -3.12. The minimum Gasteiger partial charge on any atom is -0.432 e. The topological polar surface area (TPSA) is 38.7 Å². The third-order valence-electron chi connectivity index (χ3n) is 1.38. The van der Waals surface area contributed by atoms with Crippen LogP contribution in [0.4, 0.5) is 18.9 Å². The first-order chi connectivity index (χ1) is 7.04. The summed E-state index contributed by atoms with van der Waals surface area (Å²) in [6.07, 6.45) is 1.15. The summed E-state index contributed by atoms with van der Waals surface area (Å²) in [6, 6.07) is 1.74. The van der Waals surface area contributed by atoms with Crippen molar-refractivity contribution < 1.29 is 22.7 Å². The van der Waals surface area contributed by atoms with E-state index in [0.29, 0.717) is 6.07 Å². The van der Waals surface area contributed by atoms with Crippen LogP contribution in [-0.2, 0) is 4.79 Å². The van der Waals surface area contributed by atoms with Crippen LogP contribution >= 0.6 is 15.9 Å². The molecule has 15 heavy (non-hydrogen) atoms. The summed E-state index contributed by atoms with van der Waals surface area (Å²) in [5.41, 5.74) is -0.224. The SMILES string of the molecule is O=C=Nc1cc(Br)c(F)cc1OC(F)F. The number of aliphatic imine (C=N–C) groups is 1. The Hall–Kier alpha value is -1.33. The van der Waals surface area contributed by atoms with E-state index in [1.54, 1.807) is 0 Å². The number of alkyl halides is 2. The second-order valence-corrected chi connectivity index (χ2v) is 3.17. The van der Waals surface area contributed by atoms with Crippen LogP contribution < -0.4 is 4.74 Å². The molecule has 0 amide bonds. The second-order valence-electron chi connectivity index (χ2n) is 2.32. The molecule has 0 atom stereocenters. The molecule has 0 N–H and O–H groups in total. The molecule has 7 heteroatoms. The zero-order chi connectivity index (χ0) is 11.4. The predicted molar refractivity (Wildman–Crippen MR) is 48.5 cm³/mol. The highest BCUT2D eigenvalue weighted by Gasteiger charge is 2.13. The quantitative estimate of drug-likeness (QED) is 0.631. The highest BCUT2D eigenvalue weighted by Crippen LogP contribution is 2.33. The van der Waals surface area contributed by atoms with Crippen molar-refractivity contribution in [2.75, 3.05) is 0 Å². The first-order valence-electron chi connectivity index (χ1n) is 3.56. The van der Waals surface area contributed by atoms with Crippen LogP contribution in [0.3, 0.4) is 0 Å². The molecule has 0 fully saturated rings. The van der Waals surface area contributed by atoms with Gasteiger partial charge in [-0.25, -0.2) is 9.18 Å². The molecule has 0 aromatic heterocycles. The number of hydrogen-bond acceptors (Lipinski definition) is 3. The van der Waals surface area contributed by atoms with Gasteiger partial charge in [0.15, 0.2) is 5.75 Å². The van der Waals surface area contributed by atoms with E-state index < -0.39 is 18.2 Å². The Morgan fingerprint density at radius 3 is 2.67 bits per heavy atom. The fourth-order valence-corrected chi connectivity index (χ4v) is 1.18. The van der Waals surface area contributed by atoms with Gasteiger partial charge >= 0.3 is 6.61 Å². The molecule has 80 valence electrons. The highest BCUT2D eigenvalue weighted by atomic mass is 79.9. The lowest BCUT2D eigenvalue weighted by Crippen LogP contribution is -2.02. The lowest BCUT2D eigenvalue weighted by molar-refractivity contribution is -0.0495. The summed E-state index contributed by atoms with van der Waals surface area (Å²) in [4.78, 5) is 13.1. The van der Waals surface area contributed by atoms with Gasteiger partial charge in [0.2, 0.25) is 6.08 Å². The van der Waals surface area contributed by atoms with Gasteiger partial charge < -0.3 is 4.74 Å². The van der Waals surface area contributed by atoms with E-state index in [0.717, 1.165) is 12.1 Å². The minimum absolute atomic E-state index is 0.0156. The zero-order valence-electron chi connectivity index (χ0n) is 7.01. The maximum absolute atomic E-state index is 12.9. The second kappa shape index (κ2) is 4.95. The molecule has 0 aliphatic carbocycles. The molecule has 0 spiro atoms. The molecule has 0 heterocycles. The molecule has 0 aliphatic heterocycles. The van der Waals surface area contributed by atoms with E-state index in [2.05, 4.69) is 25.7 Å². The van der Waals surface area contributed by atoms with Crippen LogP contribution in [0.15, 0.2) is 21.6 Å². The Kier molecular flexibility index (Phi) is 3.88. The van der Waals surface area contributed by atoms with E-state index in [9.17, 15) is 18.0 Å². The number of isocyanates is 1. The smallest absolute Gasteiger partial charge is 0.387 e. The number of nitrogens with zero attached hydrogens (tertiary/aromatic N) is 1. The molecule has 0 unspecified atom stereocenters. The van der Waals surface area contributed by atoms with E-state index in [4.69, 9.17) is 0 Å². The summed E-state index contributed by atoms with van der Waals surface area (Å²) in [5.74, 6) is -1.32.